The van der Waals surface area contributed by atoms with Gasteiger partial charge in [-0.15, -0.1) is 0 Å². The fraction of sp³-hybridized carbons (Fsp3) is 0.333. The van der Waals surface area contributed by atoms with E-state index in [1.807, 2.05) is 18.2 Å². The summed E-state index contributed by atoms with van der Waals surface area (Å²) in [6.07, 6.45) is 1.30. The number of carbonyl (C=O) groups is 1. The molecule has 1 amide bonds. The molecule has 1 saturated carbocycles. The zero-order valence-electron chi connectivity index (χ0n) is 16.6. The molecule has 0 spiro atoms. The van der Waals surface area contributed by atoms with Crippen LogP contribution in [0.15, 0.2) is 35.1 Å². The van der Waals surface area contributed by atoms with Gasteiger partial charge in [0, 0.05) is 23.2 Å². The van der Waals surface area contributed by atoms with Crippen LogP contribution >= 0.6 is 0 Å². The summed E-state index contributed by atoms with van der Waals surface area (Å²) in [4.78, 5) is 32.3. The van der Waals surface area contributed by atoms with Gasteiger partial charge in [-0.2, -0.15) is 9.78 Å². The Hall–Kier alpha value is -3.62. The molecular weight excluding hydrogens is 386 g/mol. The van der Waals surface area contributed by atoms with Crippen molar-refractivity contribution in [1.82, 2.24) is 19.7 Å². The number of aromatic amines is 1. The minimum Gasteiger partial charge on any atom is -0.485 e. The van der Waals surface area contributed by atoms with Gasteiger partial charge in [0.15, 0.2) is 11.5 Å². The summed E-state index contributed by atoms with van der Waals surface area (Å²) in [6, 6.07) is 9.04. The lowest BCUT2D eigenvalue weighted by atomic mass is 10.2. The summed E-state index contributed by atoms with van der Waals surface area (Å²) < 4.78 is 12.9. The van der Waals surface area contributed by atoms with Crippen LogP contribution in [0.1, 0.15) is 35.7 Å². The van der Waals surface area contributed by atoms with Gasteiger partial charge in [0.1, 0.15) is 12.4 Å². The zero-order chi connectivity index (χ0) is 20.8. The van der Waals surface area contributed by atoms with E-state index in [1.54, 1.807) is 26.0 Å². The summed E-state index contributed by atoms with van der Waals surface area (Å²) in [5.74, 6) is 1.82. The van der Waals surface area contributed by atoms with E-state index in [1.165, 1.54) is 4.68 Å². The number of rotatable bonds is 4. The maximum absolute atomic E-state index is 12.9. The number of benzene rings is 1. The van der Waals surface area contributed by atoms with Gasteiger partial charge in [-0.1, -0.05) is 12.1 Å². The molecule has 5 rings (SSSR count). The monoisotopic (exact) mass is 407 g/mol. The molecule has 1 aliphatic carbocycles. The number of aryl methyl sites for hydroxylation is 1. The highest BCUT2D eigenvalue weighted by Crippen LogP contribution is 2.40. The van der Waals surface area contributed by atoms with Crippen molar-refractivity contribution in [2.75, 3.05) is 11.9 Å². The average molecular weight is 407 g/mol. The molecule has 1 aliphatic heterocycles. The number of nitrogens with one attached hydrogen (secondary N) is 2. The van der Waals surface area contributed by atoms with Crippen molar-refractivity contribution < 1.29 is 14.3 Å². The SMILES string of the molecule is Cc1nc(-n2nc(C3CC3)cc2NC(=O)[C@H]2COc3ccccc3O2)[nH]c(=O)c1C. The highest BCUT2D eigenvalue weighted by molar-refractivity contribution is 5.94. The molecule has 0 bridgehead atoms. The number of carbonyl (C=O) groups excluding carboxylic acids is 1. The lowest BCUT2D eigenvalue weighted by Crippen LogP contribution is -2.40. The van der Waals surface area contributed by atoms with E-state index in [2.05, 4.69) is 20.4 Å². The molecule has 1 atom stereocenters. The van der Waals surface area contributed by atoms with E-state index in [4.69, 9.17) is 9.47 Å². The average Bonchev–Trinajstić information content (AvgIpc) is 3.52. The van der Waals surface area contributed by atoms with E-state index in [0.717, 1.165) is 18.5 Å². The van der Waals surface area contributed by atoms with Gasteiger partial charge in [-0.05, 0) is 38.8 Å². The Bertz CT molecular complexity index is 1190. The molecule has 2 aromatic heterocycles. The third-order valence-corrected chi connectivity index (χ3v) is 5.36. The van der Waals surface area contributed by atoms with Crippen LogP contribution in [0.3, 0.4) is 0 Å². The maximum Gasteiger partial charge on any atom is 0.270 e. The van der Waals surface area contributed by atoms with Crippen LogP contribution in [0, 0.1) is 13.8 Å². The number of fused-ring (bicyclic) bond motifs is 1. The van der Waals surface area contributed by atoms with Gasteiger partial charge in [-0.25, -0.2) is 4.98 Å². The quantitative estimate of drug-likeness (QED) is 0.686. The number of para-hydroxylation sites is 2. The molecule has 0 saturated heterocycles. The molecule has 3 aromatic rings. The second-order valence-electron chi connectivity index (χ2n) is 7.59. The smallest absolute Gasteiger partial charge is 0.270 e. The standard InChI is InChI=1S/C21H21N5O4/c1-11-12(2)22-21(24-19(11)27)26-18(9-14(25-26)13-7-8-13)23-20(28)17-10-29-15-5-3-4-6-16(15)30-17/h3-6,9,13,17H,7-8,10H2,1-2H3,(H,23,28)(H,22,24,27)/t17-/m1/s1. The van der Waals surface area contributed by atoms with E-state index in [0.29, 0.717) is 34.5 Å². The molecule has 30 heavy (non-hydrogen) atoms. The maximum atomic E-state index is 12.9. The number of ether oxygens (including phenoxy) is 2. The summed E-state index contributed by atoms with van der Waals surface area (Å²) in [7, 11) is 0. The van der Waals surface area contributed by atoms with Gasteiger partial charge in [0.25, 0.3) is 11.5 Å². The summed E-state index contributed by atoms with van der Waals surface area (Å²) in [5, 5.41) is 7.45. The molecule has 0 unspecified atom stereocenters. The largest absolute Gasteiger partial charge is 0.485 e. The summed E-state index contributed by atoms with van der Waals surface area (Å²) in [6.45, 7) is 3.58. The van der Waals surface area contributed by atoms with E-state index in [9.17, 15) is 9.59 Å². The number of hydrogen-bond donors (Lipinski definition) is 2. The molecule has 9 heteroatoms. The van der Waals surface area contributed by atoms with Crippen LogP contribution < -0.4 is 20.3 Å². The van der Waals surface area contributed by atoms with Crippen LogP contribution in [0.25, 0.3) is 5.95 Å². The Morgan fingerprint density at radius 2 is 2.00 bits per heavy atom. The number of anilines is 1. The Morgan fingerprint density at radius 1 is 1.23 bits per heavy atom. The van der Waals surface area contributed by atoms with Crippen LogP contribution in [0.4, 0.5) is 5.82 Å². The fourth-order valence-electron chi connectivity index (χ4n) is 3.31. The van der Waals surface area contributed by atoms with Gasteiger partial charge in [0.2, 0.25) is 12.1 Å². The highest BCUT2D eigenvalue weighted by atomic mass is 16.6. The minimum atomic E-state index is -0.806. The van der Waals surface area contributed by atoms with Crippen molar-refractivity contribution >= 4 is 11.7 Å². The van der Waals surface area contributed by atoms with Crippen molar-refractivity contribution in [2.45, 2.75) is 38.7 Å². The van der Waals surface area contributed by atoms with Crippen LogP contribution in [0.2, 0.25) is 0 Å². The van der Waals surface area contributed by atoms with Crippen molar-refractivity contribution in [3.63, 3.8) is 0 Å². The number of aromatic nitrogens is 4. The zero-order valence-corrected chi connectivity index (χ0v) is 16.6. The van der Waals surface area contributed by atoms with E-state index >= 15 is 0 Å². The number of hydrogen-bond acceptors (Lipinski definition) is 6. The number of nitrogens with zero attached hydrogens (tertiary/aromatic N) is 3. The van der Waals surface area contributed by atoms with Crippen molar-refractivity contribution in [3.05, 3.63) is 57.6 Å². The number of H-pyrrole nitrogens is 1. The first-order valence-corrected chi connectivity index (χ1v) is 9.87. The van der Waals surface area contributed by atoms with Gasteiger partial charge < -0.3 is 14.8 Å². The van der Waals surface area contributed by atoms with E-state index in [-0.39, 0.29) is 24.0 Å². The summed E-state index contributed by atoms with van der Waals surface area (Å²) >= 11 is 0. The molecule has 2 aliphatic rings. The predicted octanol–water partition coefficient (Wildman–Crippen LogP) is 2.23. The normalized spacial score (nSPS) is 17.6. The first kappa shape index (κ1) is 18.4. The molecule has 1 aromatic carbocycles. The van der Waals surface area contributed by atoms with Crippen LogP contribution in [0.5, 0.6) is 11.5 Å². The van der Waals surface area contributed by atoms with Crippen LogP contribution in [-0.4, -0.2) is 38.4 Å². The van der Waals surface area contributed by atoms with Crippen LogP contribution in [-0.2, 0) is 4.79 Å². The van der Waals surface area contributed by atoms with Crippen molar-refractivity contribution in [3.8, 4) is 17.4 Å². The van der Waals surface area contributed by atoms with Crippen molar-refractivity contribution in [1.29, 1.82) is 0 Å². The molecule has 3 heterocycles. The number of amides is 1. The third-order valence-electron chi connectivity index (χ3n) is 5.36. The Balaban J connectivity index is 1.44. The fourth-order valence-corrected chi connectivity index (χ4v) is 3.31. The molecule has 2 N–H and O–H groups in total. The van der Waals surface area contributed by atoms with Crippen molar-refractivity contribution in [2.24, 2.45) is 0 Å². The first-order chi connectivity index (χ1) is 14.5. The third kappa shape index (κ3) is 3.32. The molecule has 0 radical (unpaired) electrons. The topological polar surface area (TPSA) is 111 Å². The lowest BCUT2D eigenvalue weighted by molar-refractivity contribution is -0.125. The van der Waals surface area contributed by atoms with Gasteiger partial charge in [-0.3, -0.25) is 14.6 Å². The van der Waals surface area contributed by atoms with E-state index < -0.39 is 6.10 Å². The highest BCUT2D eigenvalue weighted by Gasteiger charge is 2.31. The Morgan fingerprint density at radius 3 is 2.73 bits per heavy atom. The first-order valence-electron chi connectivity index (χ1n) is 9.87. The summed E-state index contributed by atoms with van der Waals surface area (Å²) in [5.41, 5.74) is 1.77. The van der Waals surface area contributed by atoms with Gasteiger partial charge in [0.05, 0.1) is 5.69 Å². The Kier molecular flexibility index (Phi) is 4.30. The molecule has 9 nitrogen and oxygen atoms in total. The molecule has 154 valence electrons. The second-order valence-corrected chi connectivity index (χ2v) is 7.59. The minimum absolute atomic E-state index is 0.102. The van der Waals surface area contributed by atoms with Gasteiger partial charge >= 0.3 is 0 Å². The Labute approximate surface area is 172 Å². The predicted molar refractivity (Wildman–Crippen MR) is 108 cm³/mol. The molecular formula is C21H21N5O4. The lowest BCUT2D eigenvalue weighted by Gasteiger charge is -2.25. The molecule has 1 fully saturated rings. The second kappa shape index (κ2) is 7.01.